The fourth-order valence-electron chi connectivity index (χ4n) is 3.75. The number of nitrogens with zero attached hydrogens (tertiary/aromatic N) is 4. The number of rotatable bonds is 7. The molecule has 1 aromatic heterocycles. The minimum absolute atomic E-state index is 0.0369. The summed E-state index contributed by atoms with van der Waals surface area (Å²) in [5.41, 5.74) is 2.07. The van der Waals surface area contributed by atoms with Crippen LogP contribution in [0.25, 0.3) is 0 Å². The molecule has 0 aliphatic carbocycles. The van der Waals surface area contributed by atoms with Crippen LogP contribution in [0.4, 0.5) is 9.18 Å². The lowest BCUT2D eigenvalue weighted by Crippen LogP contribution is -2.44. The Kier molecular flexibility index (Phi) is 6.74. The van der Waals surface area contributed by atoms with Gasteiger partial charge in [0.05, 0.1) is 18.8 Å². The fraction of sp³-hybridized carbons (Fsp3) is 0.304. The standard InChI is InChI=1S/C23H25FN6O2/c24-19-10-8-18(9-11-19)14-26-23(32)30-12-4-7-20(30)15-29-16-21(27-28-29)22(31)25-13-17-5-2-1-3-6-17/h1-3,5-6,8-11,16,20H,4,7,12-15H2,(H,25,31)(H,26,32). The average molecular weight is 436 g/mol. The van der Waals surface area contributed by atoms with E-state index in [-0.39, 0.29) is 29.5 Å². The summed E-state index contributed by atoms with van der Waals surface area (Å²) in [6.07, 6.45) is 3.35. The fourth-order valence-corrected chi connectivity index (χ4v) is 3.75. The summed E-state index contributed by atoms with van der Waals surface area (Å²) in [6, 6.07) is 15.5. The SMILES string of the molecule is O=C(NCc1ccccc1)c1cn(CC2CCCN2C(=O)NCc2ccc(F)cc2)nn1. The lowest BCUT2D eigenvalue weighted by molar-refractivity contribution is 0.0945. The van der Waals surface area contributed by atoms with Crippen molar-refractivity contribution in [3.8, 4) is 0 Å². The van der Waals surface area contributed by atoms with Crippen LogP contribution in [0, 0.1) is 5.82 Å². The number of halogens is 1. The normalized spacial score (nSPS) is 15.5. The summed E-state index contributed by atoms with van der Waals surface area (Å²) in [7, 11) is 0. The molecule has 4 rings (SSSR count). The Labute approximate surface area is 185 Å². The molecule has 166 valence electrons. The molecule has 3 amide bonds. The van der Waals surface area contributed by atoms with E-state index in [0.717, 1.165) is 24.0 Å². The van der Waals surface area contributed by atoms with Gasteiger partial charge in [0.25, 0.3) is 5.91 Å². The summed E-state index contributed by atoms with van der Waals surface area (Å²) in [5.74, 6) is -0.596. The van der Waals surface area contributed by atoms with Gasteiger partial charge in [0.15, 0.2) is 5.69 Å². The zero-order chi connectivity index (χ0) is 22.3. The van der Waals surface area contributed by atoms with Crippen LogP contribution >= 0.6 is 0 Å². The monoisotopic (exact) mass is 436 g/mol. The van der Waals surface area contributed by atoms with Crippen molar-refractivity contribution in [2.75, 3.05) is 6.54 Å². The predicted molar refractivity (Wildman–Crippen MR) is 116 cm³/mol. The number of amides is 3. The highest BCUT2D eigenvalue weighted by molar-refractivity contribution is 5.91. The molecule has 0 spiro atoms. The van der Waals surface area contributed by atoms with Crippen molar-refractivity contribution in [3.05, 3.63) is 83.4 Å². The molecule has 9 heteroatoms. The van der Waals surface area contributed by atoms with E-state index in [1.807, 2.05) is 30.3 Å². The summed E-state index contributed by atoms with van der Waals surface area (Å²) >= 11 is 0. The van der Waals surface area contributed by atoms with Gasteiger partial charge >= 0.3 is 6.03 Å². The molecule has 2 aromatic carbocycles. The van der Waals surface area contributed by atoms with Crippen molar-refractivity contribution < 1.29 is 14.0 Å². The molecule has 8 nitrogen and oxygen atoms in total. The maximum Gasteiger partial charge on any atom is 0.317 e. The molecule has 1 unspecified atom stereocenters. The highest BCUT2D eigenvalue weighted by atomic mass is 19.1. The van der Waals surface area contributed by atoms with Gasteiger partial charge in [0, 0.05) is 19.6 Å². The van der Waals surface area contributed by atoms with Crippen LogP contribution in [-0.4, -0.2) is 44.4 Å². The van der Waals surface area contributed by atoms with Crippen molar-refractivity contribution >= 4 is 11.9 Å². The van der Waals surface area contributed by atoms with Gasteiger partial charge in [-0.25, -0.2) is 13.9 Å². The number of benzene rings is 2. The highest BCUT2D eigenvalue weighted by Crippen LogP contribution is 2.19. The van der Waals surface area contributed by atoms with Gasteiger partial charge < -0.3 is 15.5 Å². The number of likely N-dealkylation sites (tertiary alicyclic amines) is 1. The quantitative estimate of drug-likeness (QED) is 0.596. The third kappa shape index (κ3) is 5.48. The van der Waals surface area contributed by atoms with Crippen molar-refractivity contribution in [1.82, 2.24) is 30.5 Å². The molecular formula is C23H25FN6O2. The van der Waals surface area contributed by atoms with Gasteiger partial charge in [0.2, 0.25) is 0 Å². The van der Waals surface area contributed by atoms with E-state index in [9.17, 15) is 14.0 Å². The van der Waals surface area contributed by atoms with Crippen LogP contribution in [0.1, 0.15) is 34.5 Å². The van der Waals surface area contributed by atoms with Crippen molar-refractivity contribution in [3.63, 3.8) is 0 Å². The highest BCUT2D eigenvalue weighted by Gasteiger charge is 2.29. The maximum atomic E-state index is 13.0. The number of carbonyl (C=O) groups is 2. The third-order valence-corrected chi connectivity index (χ3v) is 5.46. The van der Waals surface area contributed by atoms with Gasteiger partial charge in [-0.2, -0.15) is 0 Å². The van der Waals surface area contributed by atoms with Crippen LogP contribution in [0.5, 0.6) is 0 Å². The molecule has 1 aliphatic heterocycles. The molecule has 1 saturated heterocycles. The molecule has 1 fully saturated rings. The summed E-state index contributed by atoms with van der Waals surface area (Å²) < 4.78 is 14.6. The molecule has 2 N–H and O–H groups in total. The van der Waals surface area contributed by atoms with Gasteiger partial charge in [-0.15, -0.1) is 5.10 Å². The third-order valence-electron chi connectivity index (χ3n) is 5.46. The molecule has 0 radical (unpaired) electrons. The van der Waals surface area contributed by atoms with E-state index in [1.54, 1.807) is 27.9 Å². The smallest absolute Gasteiger partial charge is 0.317 e. The number of aromatic nitrogens is 3. The van der Waals surface area contributed by atoms with E-state index in [1.165, 1.54) is 12.1 Å². The van der Waals surface area contributed by atoms with Crippen molar-refractivity contribution in [2.24, 2.45) is 0 Å². The Bertz CT molecular complexity index is 1050. The van der Waals surface area contributed by atoms with Gasteiger partial charge in [-0.1, -0.05) is 47.7 Å². The van der Waals surface area contributed by atoms with Crippen molar-refractivity contribution in [2.45, 2.75) is 38.5 Å². The topological polar surface area (TPSA) is 92.2 Å². The largest absolute Gasteiger partial charge is 0.347 e. The average Bonchev–Trinajstić information content (AvgIpc) is 3.48. The van der Waals surface area contributed by atoms with Crippen LogP contribution in [-0.2, 0) is 19.6 Å². The summed E-state index contributed by atoms with van der Waals surface area (Å²) in [6.45, 7) is 1.86. The number of hydrogen-bond acceptors (Lipinski definition) is 4. The number of nitrogens with one attached hydrogen (secondary N) is 2. The molecule has 0 saturated carbocycles. The van der Waals surface area contributed by atoms with Crippen LogP contribution < -0.4 is 10.6 Å². The Balaban J connectivity index is 1.29. The Morgan fingerprint density at radius 3 is 2.50 bits per heavy atom. The Hall–Kier alpha value is -3.75. The molecule has 32 heavy (non-hydrogen) atoms. The zero-order valence-corrected chi connectivity index (χ0v) is 17.6. The molecule has 0 bridgehead atoms. The van der Waals surface area contributed by atoms with Crippen LogP contribution in [0.15, 0.2) is 60.8 Å². The van der Waals surface area contributed by atoms with E-state index < -0.39 is 0 Å². The van der Waals surface area contributed by atoms with Crippen LogP contribution in [0.2, 0.25) is 0 Å². The second-order valence-electron chi connectivity index (χ2n) is 7.77. The summed E-state index contributed by atoms with van der Waals surface area (Å²) in [4.78, 5) is 26.8. The first-order valence-corrected chi connectivity index (χ1v) is 10.6. The van der Waals surface area contributed by atoms with E-state index in [4.69, 9.17) is 0 Å². The number of hydrogen-bond donors (Lipinski definition) is 2. The lowest BCUT2D eigenvalue weighted by atomic mass is 10.2. The Morgan fingerprint density at radius 1 is 1.00 bits per heavy atom. The van der Waals surface area contributed by atoms with E-state index in [0.29, 0.717) is 26.2 Å². The number of urea groups is 1. The minimum Gasteiger partial charge on any atom is -0.347 e. The van der Waals surface area contributed by atoms with Gasteiger partial charge in [-0.3, -0.25) is 4.79 Å². The molecule has 1 atom stereocenters. The van der Waals surface area contributed by atoms with E-state index in [2.05, 4.69) is 20.9 Å². The summed E-state index contributed by atoms with van der Waals surface area (Å²) in [5, 5.41) is 13.8. The molecule has 1 aliphatic rings. The molecule has 2 heterocycles. The predicted octanol–water partition coefficient (Wildman–Crippen LogP) is 2.72. The lowest BCUT2D eigenvalue weighted by Gasteiger charge is -2.24. The first-order valence-electron chi connectivity index (χ1n) is 10.6. The molecule has 3 aromatic rings. The number of carbonyl (C=O) groups excluding carboxylic acids is 2. The first kappa shape index (κ1) is 21.5. The minimum atomic E-state index is -0.305. The first-order chi connectivity index (χ1) is 15.6. The second-order valence-corrected chi connectivity index (χ2v) is 7.77. The maximum absolute atomic E-state index is 13.0. The van der Waals surface area contributed by atoms with Gasteiger partial charge in [-0.05, 0) is 36.1 Å². The molecular weight excluding hydrogens is 411 g/mol. The van der Waals surface area contributed by atoms with Gasteiger partial charge in [0.1, 0.15) is 5.82 Å². The Morgan fingerprint density at radius 2 is 1.72 bits per heavy atom. The van der Waals surface area contributed by atoms with Crippen LogP contribution in [0.3, 0.4) is 0 Å². The van der Waals surface area contributed by atoms with Crippen molar-refractivity contribution in [1.29, 1.82) is 0 Å². The zero-order valence-electron chi connectivity index (χ0n) is 17.6. The van der Waals surface area contributed by atoms with E-state index >= 15 is 0 Å². The second kappa shape index (κ2) is 10.0.